The number of sulfonamides is 2. The number of aliphatic hydroxyl groups excluding tert-OH is 1. The lowest BCUT2D eigenvalue weighted by Gasteiger charge is -2.38. The van der Waals surface area contributed by atoms with Gasteiger partial charge in [0, 0.05) is 38.3 Å². The summed E-state index contributed by atoms with van der Waals surface area (Å²) < 4.78 is 70.0. The molecule has 0 aromatic heterocycles. The van der Waals surface area contributed by atoms with E-state index in [1.54, 1.807) is 18.2 Å². The fourth-order valence-corrected chi connectivity index (χ4v) is 8.04. The fraction of sp³-hybridized carbons (Fsp3) is 0.438. The molecule has 2 saturated heterocycles. The van der Waals surface area contributed by atoms with Crippen molar-refractivity contribution in [2.24, 2.45) is 10.9 Å². The van der Waals surface area contributed by atoms with Gasteiger partial charge in [0.2, 0.25) is 20.0 Å². The summed E-state index contributed by atoms with van der Waals surface area (Å²) in [5.41, 5.74) is 7.94. The van der Waals surface area contributed by atoms with Crippen LogP contribution in [-0.2, 0) is 31.3 Å². The number of nitrogens with one attached hydrogen (secondary N) is 1. The number of primary sulfonamides is 1. The molecule has 2 unspecified atom stereocenters. The number of piperidine rings is 1. The summed E-state index contributed by atoms with van der Waals surface area (Å²) >= 11 is 0. The normalized spacial score (nSPS) is 19.3. The number of benzene rings is 3. The van der Waals surface area contributed by atoms with Crippen LogP contribution >= 0.6 is 0 Å². The molecule has 2 fully saturated rings. The Morgan fingerprint density at radius 3 is 2.41 bits per heavy atom. The summed E-state index contributed by atoms with van der Waals surface area (Å²) in [7, 11) is -7.71. The third kappa shape index (κ3) is 8.06. The molecule has 2 heterocycles. The van der Waals surface area contributed by atoms with E-state index in [0.29, 0.717) is 57.9 Å². The summed E-state index contributed by atoms with van der Waals surface area (Å²) in [5, 5.41) is 18.9. The van der Waals surface area contributed by atoms with Crippen molar-refractivity contribution < 1.29 is 36.2 Å². The van der Waals surface area contributed by atoms with E-state index >= 15 is 0 Å². The van der Waals surface area contributed by atoms with Crippen molar-refractivity contribution in [1.82, 2.24) is 9.62 Å². The Bertz CT molecular complexity index is 1710. The van der Waals surface area contributed by atoms with E-state index in [1.165, 1.54) is 22.5 Å². The second-order valence-electron chi connectivity index (χ2n) is 11.7. The van der Waals surface area contributed by atoms with E-state index in [2.05, 4.69) is 5.32 Å². The van der Waals surface area contributed by atoms with Crippen LogP contribution < -0.4 is 25.7 Å². The van der Waals surface area contributed by atoms with E-state index in [4.69, 9.17) is 25.1 Å². The first-order chi connectivity index (χ1) is 21.9. The van der Waals surface area contributed by atoms with Gasteiger partial charge in [-0.25, -0.2) is 22.0 Å². The SMILES string of the molecule is CCOc1ccc(-c2ccc(CN)cc2)cc1S(=O)(=O)N1CCC2(CC1)CC(NCC(O)COc1cccc(S(N)(=O)=O)c1)CO2. The number of aliphatic hydroxyl groups is 1. The molecule has 250 valence electrons. The third-order valence-corrected chi connectivity index (χ3v) is 11.3. The van der Waals surface area contributed by atoms with Gasteiger partial charge in [-0.05, 0) is 67.1 Å². The molecule has 3 aromatic rings. The van der Waals surface area contributed by atoms with E-state index < -0.39 is 31.8 Å². The molecule has 0 aliphatic carbocycles. The molecule has 2 aliphatic rings. The molecule has 0 amide bonds. The van der Waals surface area contributed by atoms with Gasteiger partial charge >= 0.3 is 0 Å². The zero-order valence-corrected chi connectivity index (χ0v) is 27.4. The molecule has 46 heavy (non-hydrogen) atoms. The molecular formula is C32H42N4O8S2. The van der Waals surface area contributed by atoms with Crippen molar-refractivity contribution in [3.05, 3.63) is 72.3 Å². The highest BCUT2D eigenvalue weighted by molar-refractivity contribution is 7.89. The van der Waals surface area contributed by atoms with E-state index in [9.17, 15) is 21.9 Å². The maximum atomic E-state index is 13.9. The van der Waals surface area contributed by atoms with Crippen molar-refractivity contribution in [3.63, 3.8) is 0 Å². The lowest BCUT2D eigenvalue weighted by molar-refractivity contribution is -0.0312. The topological polar surface area (TPSA) is 184 Å². The highest BCUT2D eigenvalue weighted by Crippen LogP contribution is 2.39. The minimum absolute atomic E-state index is 0.0181. The van der Waals surface area contributed by atoms with E-state index in [1.807, 2.05) is 37.3 Å². The Balaban J connectivity index is 1.16. The predicted octanol–water partition coefficient (Wildman–Crippen LogP) is 2.20. The van der Waals surface area contributed by atoms with Crippen LogP contribution in [0, 0.1) is 0 Å². The molecule has 5 rings (SSSR count). The van der Waals surface area contributed by atoms with Crippen LogP contribution in [0.15, 0.2) is 76.5 Å². The molecule has 6 N–H and O–H groups in total. The van der Waals surface area contributed by atoms with E-state index in [0.717, 1.165) is 16.7 Å². The van der Waals surface area contributed by atoms with Crippen molar-refractivity contribution >= 4 is 20.0 Å². The van der Waals surface area contributed by atoms with Gasteiger partial charge < -0.3 is 30.4 Å². The van der Waals surface area contributed by atoms with Crippen LogP contribution in [0.3, 0.4) is 0 Å². The van der Waals surface area contributed by atoms with Gasteiger partial charge in [0.15, 0.2) is 0 Å². The summed E-state index contributed by atoms with van der Waals surface area (Å²) in [6.45, 7) is 3.85. The minimum Gasteiger partial charge on any atom is -0.492 e. The lowest BCUT2D eigenvalue weighted by atomic mass is 9.88. The van der Waals surface area contributed by atoms with Gasteiger partial charge in [0.05, 0.1) is 23.7 Å². The smallest absolute Gasteiger partial charge is 0.246 e. The van der Waals surface area contributed by atoms with Crippen molar-refractivity contribution in [3.8, 4) is 22.6 Å². The summed E-state index contributed by atoms with van der Waals surface area (Å²) in [4.78, 5) is 0.0761. The molecule has 12 nitrogen and oxygen atoms in total. The zero-order chi connectivity index (χ0) is 33.0. The van der Waals surface area contributed by atoms with Gasteiger partial charge in [-0.15, -0.1) is 0 Å². The molecule has 2 aliphatic heterocycles. The predicted molar refractivity (Wildman–Crippen MR) is 173 cm³/mol. The van der Waals surface area contributed by atoms with Crippen LogP contribution in [0.25, 0.3) is 11.1 Å². The number of ether oxygens (including phenoxy) is 3. The number of nitrogens with zero attached hydrogens (tertiary/aromatic N) is 1. The standard InChI is InChI=1S/C32H42N4O8S2/c1-2-42-30-11-10-25(24-8-6-23(19-33)7-9-24)16-31(30)46(40,41)36-14-12-32(13-15-36)18-26(21-44-32)35-20-27(37)22-43-28-4-3-5-29(17-28)45(34,38)39/h3-11,16-17,26-27,35,37H,2,12-15,18-22,33H2,1H3,(H2,34,38,39). The zero-order valence-electron chi connectivity index (χ0n) is 25.8. The average molecular weight is 675 g/mol. The van der Waals surface area contributed by atoms with Gasteiger partial charge in [-0.3, -0.25) is 0 Å². The fourth-order valence-electron chi connectivity index (χ4n) is 5.89. The van der Waals surface area contributed by atoms with Crippen molar-refractivity contribution in [2.75, 3.05) is 39.5 Å². The van der Waals surface area contributed by atoms with Crippen LogP contribution in [0.1, 0.15) is 31.7 Å². The molecular weight excluding hydrogens is 633 g/mol. The number of hydrogen-bond acceptors (Lipinski definition) is 10. The molecule has 2 atom stereocenters. The van der Waals surface area contributed by atoms with Crippen LogP contribution in [0.5, 0.6) is 11.5 Å². The molecule has 1 spiro atoms. The maximum Gasteiger partial charge on any atom is 0.246 e. The summed E-state index contributed by atoms with van der Waals surface area (Å²) in [6.07, 6.45) is 0.917. The minimum atomic E-state index is -3.86. The highest BCUT2D eigenvalue weighted by Gasteiger charge is 2.45. The number of hydrogen-bond donors (Lipinski definition) is 4. The molecule has 3 aromatic carbocycles. The monoisotopic (exact) mass is 674 g/mol. The Morgan fingerprint density at radius 2 is 1.74 bits per heavy atom. The second-order valence-corrected chi connectivity index (χ2v) is 15.2. The van der Waals surface area contributed by atoms with Crippen molar-refractivity contribution in [1.29, 1.82) is 0 Å². The molecule has 0 bridgehead atoms. The van der Waals surface area contributed by atoms with E-state index in [-0.39, 0.29) is 34.7 Å². The quantitative estimate of drug-likeness (QED) is 0.210. The Labute approximate surface area is 270 Å². The number of nitrogens with two attached hydrogens (primary N) is 2. The first kappa shape index (κ1) is 34.3. The van der Waals surface area contributed by atoms with Crippen molar-refractivity contribution in [2.45, 2.75) is 60.3 Å². The van der Waals surface area contributed by atoms with Crippen LogP contribution in [-0.4, -0.2) is 83.4 Å². The van der Waals surface area contributed by atoms with Gasteiger partial charge in [-0.1, -0.05) is 36.4 Å². The lowest BCUT2D eigenvalue weighted by Crippen LogP contribution is -2.47. The second kappa shape index (κ2) is 14.4. The molecule has 0 saturated carbocycles. The van der Waals surface area contributed by atoms with Gasteiger partial charge in [-0.2, -0.15) is 4.31 Å². The van der Waals surface area contributed by atoms with Crippen LogP contribution in [0.4, 0.5) is 0 Å². The molecule has 0 radical (unpaired) electrons. The largest absolute Gasteiger partial charge is 0.492 e. The highest BCUT2D eigenvalue weighted by atomic mass is 32.2. The Kier molecular flexibility index (Phi) is 10.7. The van der Waals surface area contributed by atoms with Crippen LogP contribution in [0.2, 0.25) is 0 Å². The first-order valence-corrected chi connectivity index (χ1v) is 18.3. The Morgan fingerprint density at radius 1 is 1.02 bits per heavy atom. The molecule has 14 heteroatoms. The Hall–Kier alpha value is -3.08. The first-order valence-electron chi connectivity index (χ1n) is 15.3. The average Bonchev–Trinajstić information content (AvgIpc) is 3.45. The third-order valence-electron chi connectivity index (χ3n) is 8.45. The number of rotatable bonds is 13. The van der Waals surface area contributed by atoms with Gasteiger partial charge in [0.1, 0.15) is 29.1 Å². The summed E-state index contributed by atoms with van der Waals surface area (Å²) in [6, 6.07) is 18.8. The van der Waals surface area contributed by atoms with Gasteiger partial charge in [0.25, 0.3) is 0 Å². The summed E-state index contributed by atoms with van der Waals surface area (Å²) in [5.74, 6) is 0.614. The maximum absolute atomic E-state index is 13.9.